The highest BCUT2D eigenvalue weighted by Gasteiger charge is 2.26. The Bertz CT molecular complexity index is 1230. The number of nitrogens with one attached hydrogen (secondary N) is 1. The first kappa shape index (κ1) is 26.1. The molecule has 0 atom stereocenters. The zero-order chi connectivity index (χ0) is 25.7. The van der Waals surface area contributed by atoms with Crippen molar-refractivity contribution in [1.82, 2.24) is 14.8 Å². The second-order valence-electron chi connectivity index (χ2n) is 8.09. The van der Waals surface area contributed by atoms with Gasteiger partial charge in [0.2, 0.25) is 5.91 Å². The van der Waals surface area contributed by atoms with Gasteiger partial charge in [0.1, 0.15) is 10.8 Å². The van der Waals surface area contributed by atoms with Gasteiger partial charge in [0, 0.05) is 17.5 Å². The molecule has 1 amide bonds. The SMILES string of the molecule is CCOC(=O)c1c(NC(=O)CSc2nnc(-c3ccc(OC(F)F)cc3)n2C)sc2c1CCCCC2. The number of thiophene rings is 1. The van der Waals surface area contributed by atoms with Crippen molar-refractivity contribution in [3.63, 3.8) is 0 Å². The van der Waals surface area contributed by atoms with Gasteiger partial charge in [-0.2, -0.15) is 8.78 Å². The number of alkyl halides is 2. The van der Waals surface area contributed by atoms with E-state index in [0.717, 1.165) is 42.5 Å². The van der Waals surface area contributed by atoms with E-state index >= 15 is 0 Å². The first-order valence-corrected chi connectivity index (χ1v) is 13.4. The fourth-order valence-electron chi connectivity index (χ4n) is 4.02. The third-order valence-corrected chi connectivity index (χ3v) is 7.89. The number of carbonyl (C=O) groups excluding carboxylic acids is 2. The predicted molar refractivity (Wildman–Crippen MR) is 134 cm³/mol. The van der Waals surface area contributed by atoms with Gasteiger partial charge in [-0.05, 0) is 62.4 Å². The lowest BCUT2D eigenvalue weighted by Gasteiger charge is -2.09. The summed E-state index contributed by atoms with van der Waals surface area (Å²) in [5, 5.41) is 12.3. The first-order valence-electron chi connectivity index (χ1n) is 11.6. The van der Waals surface area contributed by atoms with Crippen molar-refractivity contribution in [2.45, 2.75) is 50.8 Å². The molecule has 0 aliphatic heterocycles. The van der Waals surface area contributed by atoms with Crippen LogP contribution in [0.1, 0.15) is 47.0 Å². The average molecular weight is 537 g/mol. The van der Waals surface area contributed by atoms with Crippen molar-refractivity contribution in [2.75, 3.05) is 17.7 Å². The summed E-state index contributed by atoms with van der Waals surface area (Å²) >= 11 is 2.66. The Kier molecular flexibility index (Phi) is 8.57. The summed E-state index contributed by atoms with van der Waals surface area (Å²) in [6.45, 7) is -0.862. The van der Waals surface area contributed by atoms with Crippen LogP contribution in [0.3, 0.4) is 0 Å². The number of halogens is 2. The van der Waals surface area contributed by atoms with E-state index in [1.54, 1.807) is 30.7 Å². The molecule has 2 heterocycles. The zero-order valence-corrected chi connectivity index (χ0v) is 21.5. The number of rotatable bonds is 9. The molecule has 0 fully saturated rings. The monoisotopic (exact) mass is 536 g/mol. The topological polar surface area (TPSA) is 95.3 Å². The number of carbonyl (C=O) groups is 2. The highest BCUT2D eigenvalue weighted by molar-refractivity contribution is 7.99. The van der Waals surface area contributed by atoms with E-state index in [1.807, 2.05) is 0 Å². The number of thioether (sulfide) groups is 1. The Morgan fingerprint density at radius 1 is 1.17 bits per heavy atom. The molecule has 8 nitrogen and oxygen atoms in total. The largest absolute Gasteiger partial charge is 0.462 e. The molecule has 1 aromatic carbocycles. The van der Waals surface area contributed by atoms with E-state index in [-0.39, 0.29) is 24.0 Å². The van der Waals surface area contributed by atoms with Gasteiger partial charge in [-0.3, -0.25) is 4.79 Å². The number of fused-ring (bicyclic) bond motifs is 1. The second kappa shape index (κ2) is 11.8. The van der Waals surface area contributed by atoms with Crippen LogP contribution in [-0.2, 0) is 29.4 Å². The summed E-state index contributed by atoms with van der Waals surface area (Å²) in [5.41, 5.74) is 2.15. The van der Waals surface area contributed by atoms with Gasteiger partial charge < -0.3 is 19.4 Å². The summed E-state index contributed by atoms with van der Waals surface area (Å²) in [6.07, 6.45) is 4.90. The quantitative estimate of drug-likeness (QED) is 0.225. The standard InChI is InChI=1S/C24H26F2N4O4S2/c1-3-33-22(32)19-16-7-5-4-6-8-17(16)36-21(19)27-18(31)13-35-24-29-28-20(30(24)2)14-9-11-15(12-10-14)34-23(25)26/h9-12,23H,3-8,13H2,1-2H3,(H,27,31). The minimum Gasteiger partial charge on any atom is -0.462 e. The number of amides is 1. The Morgan fingerprint density at radius 2 is 1.92 bits per heavy atom. The summed E-state index contributed by atoms with van der Waals surface area (Å²) in [7, 11) is 1.76. The molecule has 36 heavy (non-hydrogen) atoms. The fraction of sp³-hybridized carbons (Fsp3) is 0.417. The molecule has 192 valence electrons. The third kappa shape index (κ3) is 6.04. The Balaban J connectivity index is 1.43. The summed E-state index contributed by atoms with van der Waals surface area (Å²) in [4.78, 5) is 26.6. The summed E-state index contributed by atoms with van der Waals surface area (Å²) < 4.78 is 36.1. The van der Waals surface area contributed by atoms with Crippen LogP contribution in [0.4, 0.5) is 13.8 Å². The van der Waals surface area contributed by atoms with E-state index in [1.165, 1.54) is 35.2 Å². The van der Waals surface area contributed by atoms with Gasteiger partial charge in [-0.25, -0.2) is 4.79 Å². The molecule has 0 unspecified atom stereocenters. The van der Waals surface area contributed by atoms with Gasteiger partial charge in [0.05, 0.1) is 17.9 Å². The molecule has 0 saturated heterocycles. The number of esters is 1. The molecule has 1 aliphatic carbocycles. The van der Waals surface area contributed by atoms with E-state index in [9.17, 15) is 18.4 Å². The lowest BCUT2D eigenvalue weighted by atomic mass is 10.1. The van der Waals surface area contributed by atoms with E-state index < -0.39 is 12.6 Å². The number of hydrogen-bond donors (Lipinski definition) is 1. The van der Waals surface area contributed by atoms with Gasteiger partial charge in [0.25, 0.3) is 0 Å². The van der Waals surface area contributed by atoms with Crippen LogP contribution in [-0.4, -0.2) is 45.6 Å². The maximum atomic E-state index is 12.8. The van der Waals surface area contributed by atoms with Crippen molar-refractivity contribution in [1.29, 1.82) is 0 Å². The molecular formula is C24H26F2N4O4S2. The average Bonchev–Trinajstić information content (AvgIpc) is 3.28. The number of anilines is 1. The molecular weight excluding hydrogens is 510 g/mol. The first-order chi connectivity index (χ1) is 17.4. The lowest BCUT2D eigenvalue weighted by Crippen LogP contribution is -2.17. The fourth-order valence-corrected chi connectivity index (χ4v) is 6.02. The zero-order valence-electron chi connectivity index (χ0n) is 19.9. The van der Waals surface area contributed by atoms with Gasteiger partial charge in [0.15, 0.2) is 11.0 Å². The molecule has 1 N–H and O–H groups in total. The number of hydrogen-bond acceptors (Lipinski definition) is 8. The molecule has 1 aliphatic rings. The van der Waals surface area contributed by atoms with Crippen LogP contribution in [0.2, 0.25) is 0 Å². The summed E-state index contributed by atoms with van der Waals surface area (Å²) in [6, 6.07) is 6.08. The molecule has 0 saturated carbocycles. The number of nitrogens with zero attached hydrogens (tertiary/aromatic N) is 3. The minimum atomic E-state index is -2.89. The van der Waals surface area contributed by atoms with Crippen molar-refractivity contribution in [3.8, 4) is 17.1 Å². The van der Waals surface area contributed by atoms with Crippen LogP contribution in [0.25, 0.3) is 11.4 Å². The van der Waals surface area contributed by atoms with E-state index in [4.69, 9.17) is 4.74 Å². The summed E-state index contributed by atoms with van der Waals surface area (Å²) in [5.74, 6) is -0.0241. The van der Waals surface area contributed by atoms with Crippen LogP contribution < -0.4 is 10.1 Å². The van der Waals surface area contributed by atoms with Gasteiger partial charge in [-0.1, -0.05) is 18.2 Å². The second-order valence-corrected chi connectivity index (χ2v) is 10.1. The van der Waals surface area contributed by atoms with E-state index in [0.29, 0.717) is 27.1 Å². The predicted octanol–water partition coefficient (Wildman–Crippen LogP) is 5.32. The van der Waals surface area contributed by atoms with Crippen molar-refractivity contribution >= 4 is 40.0 Å². The van der Waals surface area contributed by atoms with Crippen LogP contribution in [0.15, 0.2) is 29.4 Å². The highest BCUT2D eigenvalue weighted by Crippen LogP contribution is 2.38. The van der Waals surface area contributed by atoms with Crippen molar-refractivity contribution in [2.24, 2.45) is 7.05 Å². The van der Waals surface area contributed by atoms with Crippen LogP contribution in [0.5, 0.6) is 5.75 Å². The normalized spacial score (nSPS) is 13.2. The maximum Gasteiger partial charge on any atom is 0.387 e. The maximum absolute atomic E-state index is 12.8. The molecule has 0 spiro atoms. The Labute approximate surface area is 215 Å². The molecule has 0 radical (unpaired) electrons. The minimum absolute atomic E-state index is 0.0512. The molecule has 4 rings (SSSR count). The highest BCUT2D eigenvalue weighted by atomic mass is 32.2. The molecule has 0 bridgehead atoms. The number of ether oxygens (including phenoxy) is 2. The lowest BCUT2D eigenvalue weighted by molar-refractivity contribution is -0.113. The number of aryl methyl sites for hydroxylation is 1. The molecule has 3 aromatic rings. The van der Waals surface area contributed by atoms with Crippen LogP contribution in [0, 0.1) is 0 Å². The number of aromatic nitrogens is 3. The molecule has 12 heteroatoms. The Hall–Kier alpha value is -2.99. The smallest absolute Gasteiger partial charge is 0.387 e. The Morgan fingerprint density at radius 3 is 2.64 bits per heavy atom. The van der Waals surface area contributed by atoms with Gasteiger partial charge in [-0.15, -0.1) is 21.5 Å². The van der Waals surface area contributed by atoms with E-state index in [2.05, 4.69) is 20.3 Å². The third-order valence-electron chi connectivity index (χ3n) is 5.66. The van der Waals surface area contributed by atoms with Crippen molar-refractivity contribution in [3.05, 3.63) is 40.3 Å². The molecule has 2 aromatic heterocycles. The van der Waals surface area contributed by atoms with Gasteiger partial charge >= 0.3 is 12.6 Å². The van der Waals surface area contributed by atoms with Crippen molar-refractivity contribution < 1.29 is 27.8 Å². The van der Waals surface area contributed by atoms with Crippen LogP contribution >= 0.6 is 23.1 Å². The number of benzene rings is 1.